The number of aryl methyl sites for hydroxylation is 1. The summed E-state index contributed by atoms with van der Waals surface area (Å²) in [6.45, 7) is 9.51. The highest BCUT2D eigenvalue weighted by atomic mass is 32.2. The summed E-state index contributed by atoms with van der Waals surface area (Å²) in [5.41, 5.74) is 6.10. The van der Waals surface area contributed by atoms with Gasteiger partial charge < -0.3 is 5.32 Å². The van der Waals surface area contributed by atoms with Crippen LogP contribution in [-0.4, -0.2) is 49.6 Å². The highest BCUT2D eigenvalue weighted by Gasteiger charge is 2.26. The van der Waals surface area contributed by atoms with E-state index < -0.39 is 33.8 Å². The van der Waals surface area contributed by atoms with Crippen molar-refractivity contribution >= 4 is 27.7 Å². The molecular formula is C24H32N4O5S. The maximum atomic E-state index is 12.7. The van der Waals surface area contributed by atoms with Crippen LogP contribution in [0.2, 0.25) is 0 Å². The number of hydrazine groups is 1. The maximum absolute atomic E-state index is 12.7. The molecule has 1 unspecified atom stereocenters. The molecule has 184 valence electrons. The van der Waals surface area contributed by atoms with Gasteiger partial charge in [0.1, 0.15) is 6.04 Å². The minimum Gasteiger partial charge on any atom is -0.340 e. The van der Waals surface area contributed by atoms with Gasteiger partial charge in [-0.15, -0.1) is 0 Å². The van der Waals surface area contributed by atoms with Gasteiger partial charge in [0.15, 0.2) is 0 Å². The Balaban J connectivity index is 2.08. The largest absolute Gasteiger partial charge is 0.340 e. The summed E-state index contributed by atoms with van der Waals surface area (Å²) in [7, 11) is -3.74. The van der Waals surface area contributed by atoms with E-state index in [-0.39, 0.29) is 16.4 Å². The number of carbonyl (C=O) groups is 3. The second-order valence-corrected chi connectivity index (χ2v) is 10.1. The Morgan fingerprint density at radius 3 is 2.06 bits per heavy atom. The number of nitrogens with one attached hydrogen (secondary N) is 3. The van der Waals surface area contributed by atoms with Gasteiger partial charge in [-0.2, -0.15) is 4.31 Å². The third kappa shape index (κ3) is 6.64. The Bertz CT molecular complexity index is 1130. The van der Waals surface area contributed by atoms with Gasteiger partial charge in [0, 0.05) is 24.2 Å². The predicted octanol–water partition coefficient (Wildman–Crippen LogP) is 2.24. The van der Waals surface area contributed by atoms with Crippen molar-refractivity contribution in [3.8, 4) is 0 Å². The smallest absolute Gasteiger partial charge is 0.269 e. The number of amides is 3. The monoisotopic (exact) mass is 488 g/mol. The third-order valence-corrected chi connectivity index (χ3v) is 7.33. The molecule has 0 aliphatic rings. The molecule has 0 fully saturated rings. The molecule has 10 heteroatoms. The van der Waals surface area contributed by atoms with Crippen LogP contribution in [-0.2, 0) is 14.8 Å². The van der Waals surface area contributed by atoms with E-state index in [9.17, 15) is 22.8 Å². The summed E-state index contributed by atoms with van der Waals surface area (Å²) in [5, 5.41) is 2.68. The molecule has 3 amide bonds. The van der Waals surface area contributed by atoms with E-state index in [0.29, 0.717) is 18.7 Å². The van der Waals surface area contributed by atoms with Crippen LogP contribution in [0.4, 0.5) is 0 Å². The topological polar surface area (TPSA) is 125 Å². The van der Waals surface area contributed by atoms with Gasteiger partial charge >= 0.3 is 0 Å². The molecule has 0 saturated carbocycles. The highest BCUT2D eigenvalue weighted by molar-refractivity contribution is 7.89. The highest BCUT2D eigenvalue weighted by Crippen LogP contribution is 2.17. The number of sulfonamides is 1. The summed E-state index contributed by atoms with van der Waals surface area (Å²) in [6.07, 6.45) is 0. The van der Waals surface area contributed by atoms with E-state index in [1.807, 2.05) is 6.92 Å². The molecule has 0 saturated heterocycles. The number of benzene rings is 2. The minimum atomic E-state index is -3.74. The fraction of sp³-hybridized carbons (Fsp3) is 0.375. The Kier molecular flexibility index (Phi) is 9.34. The molecule has 0 bridgehead atoms. The first kappa shape index (κ1) is 27.0. The van der Waals surface area contributed by atoms with Gasteiger partial charge in [0.25, 0.3) is 17.7 Å². The third-order valence-electron chi connectivity index (χ3n) is 5.29. The molecule has 2 aromatic rings. The summed E-state index contributed by atoms with van der Waals surface area (Å²) in [5.74, 6) is -1.95. The molecule has 2 rings (SSSR count). The van der Waals surface area contributed by atoms with E-state index in [1.165, 1.54) is 28.6 Å². The first-order valence-electron chi connectivity index (χ1n) is 11.1. The molecule has 0 spiro atoms. The summed E-state index contributed by atoms with van der Waals surface area (Å²) in [6, 6.07) is 11.6. The van der Waals surface area contributed by atoms with E-state index in [4.69, 9.17) is 0 Å². The van der Waals surface area contributed by atoms with Crippen LogP contribution >= 0.6 is 0 Å². The lowest BCUT2D eigenvalue weighted by atomic mass is 10.0. The molecule has 34 heavy (non-hydrogen) atoms. The van der Waals surface area contributed by atoms with E-state index in [0.717, 1.165) is 5.56 Å². The number of rotatable bonds is 9. The molecule has 2 aromatic carbocycles. The Hall–Kier alpha value is -3.24. The van der Waals surface area contributed by atoms with Crippen molar-refractivity contribution in [1.29, 1.82) is 0 Å². The van der Waals surface area contributed by atoms with E-state index >= 15 is 0 Å². The molecule has 0 aliphatic heterocycles. The average molecular weight is 489 g/mol. The van der Waals surface area contributed by atoms with Crippen LogP contribution in [0.15, 0.2) is 53.4 Å². The van der Waals surface area contributed by atoms with Gasteiger partial charge in [-0.3, -0.25) is 25.2 Å². The van der Waals surface area contributed by atoms with Crippen molar-refractivity contribution in [2.45, 2.75) is 45.6 Å². The minimum absolute atomic E-state index is 0.0133. The molecule has 0 aromatic heterocycles. The van der Waals surface area contributed by atoms with Crippen LogP contribution in [0.1, 0.15) is 54.0 Å². The van der Waals surface area contributed by atoms with Crippen molar-refractivity contribution < 1.29 is 22.8 Å². The van der Waals surface area contributed by atoms with E-state index in [1.54, 1.807) is 52.0 Å². The SMILES string of the molecule is CCN(CC)S(=O)(=O)c1cccc(C(=O)NNC(=O)C(NC(=O)c2ccc(C)cc2)C(C)C)c1. The van der Waals surface area contributed by atoms with E-state index in [2.05, 4.69) is 16.2 Å². The fourth-order valence-corrected chi connectivity index (χ4v) is 4.75. The van der Waals surface area contributed by atoms with Gasteiger partial charge in [0.05, 0.1) is 4.90 Å². The summed E-state index contributed by atoms with van der Waals surface area (Å²) < 4.78 is 26.7. The Morgan fingerprint density at radius 1 is 0.882 bits per heavy atom. The van der Waals surface area contributed by atoms with Crippen LogP contribution in [0, 0.1) is 12.8 Å². The van der Waals surface area contributed by atoms with Gasteiger partial charge in [0.2, 0.25) is 10.0 Å². The molecular weight excluding hydrogens is 456 g/mol. The first-order chi connectivity index (χ1) is 16.0. The standard InChI is InChI=1S/C24H32N4O5S/c1-6-28(7-2)34(32,33)20-10-8-9-19(15-20)23(30)26-27-24(31)21(16(3)4)25-22(29)18-13-11-17(5)12-14-18/h8-16,21H,6-7H2,1-5H3,(H,25,29)(H,26,30)(H,27,31). The number of hydrogen-bond donors (Lipinski definition) is 3. The molecule has 0 aliphatic carbocycles. The zero-order valence-electron chi connectivity index (χ0n) is 20.1. The number of hydrogen-bond acceptors (Lipinski definition) is 5. The lowest BCUT2D eigenvalue weighted by Gasteiger charge is -2.22. The average Bonchev–Trinajstić information content (AvgIpc) is 2.81. The van der Waals surface area contributed by atoms with Crippen LogP contribution in [0.3, 0.4) is 0 Å². The van der Waals surface area contributed by atoms with Crippen molar-refractivity contribution in [3.63, 3.8) is 0 Å². The zero-order chi connectivity index (χ0) is 25.5. The van der Waals surface area contributed by atoms with Crippen molar-refractivity contribution in [3.05, 3.63) is 65.2 Å². The number of nitrogens with zero attached hydrogens (tertiary/aromatic N) is 1. The zero-order valence-corrected chi connectivity index (χ0v) is 20.9. The Labute approximate surface area is 200 Å². The van der Waals surface area contributed by atoms with Crippen molar-refractivity contribution in [2.75, 3.05) is 13.1 Å². The van der Waals surface area contributed by atoms with Gasteiger partial charge in [-0.1, -0.05) is 51.5 Å². The van der Waals surface area contributed by atoms with Crippen molar-refractivity contribution in [2.24, 2.45) is 5.92 Å². The molecule has 9 nitrogen and oxygen atoms in total. The lowest BCUT2D eigenvalue weighted by Crippen LogP contribution is -2.54. The van der Waals surface area contributed by atoms with Crippen LogP contribution in [0.25, 0.3) is 0 Å². The maximum Gasteiger partial charge on any atom is 0.269 e. The molecule has 1 atom stereocenters. The predicted molar refractivity (Wildman–Crippen MR) is 129 cm³/mol. The second kappa shape index (κ2) is 11.8. The fourth-order valence-electron chi connectivity index (χ4n) is 3.24. The molecule has 0 heterocycles. The van der Waals surface area contributed by atoms with Crippen molar-refractivity contribution in [1.82, 2.24) is 20.5 Å². The lowest BCUT2D eigenvalue weighted by molar-refractivity contribution is -0.124. The quantitative estimate of drug-likeness (QED) is 0.467. The molecule has 3 N–H and O–H groups in total. The summed E-state index contributed by atoms with van der Waals surface area (Å²) in [4.78, 5) is 37.8. The van der Waals surface area contributed by atoms with Gasteiger partial charge in [-0.25, -0.2) is 8.42 Å². The van der Waals surface area contributed by atoms with Crippen LogP contribution in [0.5, 0.6) is 0 Å². The Morgan fingerprint density at radius 2 is 1.50 bits per heavy atom. The normalized spacial score (nSPS) is 12.3. The first-order valence-corrected chi connectivity index (χ1v) is 12.5. The van der Waals surface area contributed by atoms with Gasteiger partial charge in [-0.05, 0) is 43.2 Å². The molecule has 0 radical (unpaired) electrons. The second-order valence-electron chi connectivity index (χ2n) is 8.12. The van der Waals surface area contributed by atoms with Crippen LogP contribution < -0.4 is 16.2 Å². The summed E-state index contributed by atoms with van der Waals surface area (Å²) >= 11 is 0. The number of carbonyl (C=O) groups excluding carboxylic acids is 3.